The molecule has 3 heterocycles. The normalized spacial score (nSPS) is 20.7. The number of pyridine rings is 1. The molecule has 1 saturated heterocycles. The third kappa shape index (κ3) is 2.63. The van der Waals surface area contributed by atoms with Crippen LogP contribution < -0.4 is 5.73 Å². The third-order valence-electron chi connectivity index (χ3n) is 4.21. The Kier molecular flexibility index (Phi) is 3.88. The number of hydrogen-bond acceptors (Lipinski definition) is 4. The van der Waals surface area contributed by atoms with E-state index in [-0.39, 0.29) is 17.7 Å². The largest absolute Gasteiger partial charge is 0.342 e. The lowest BCUT2D eigenvalue weighted by atomic mass is 9.96. The molecule has 2 unspecified atom stereocenters. The fraction of sp³-hybridized carbons (Fsp3) is 0.533. The van der Waals surface area contributed by atoms with Crippen molar-refractivity contribution in [3.8, 4) is 0 Å². The van der Waals surface area contributed by atoms with Gasteiger partial charge in [-0.05, 0) is 25.0 Å². The summed E-state index contributed by atoms with van der Waals surface area (Å²) in [5.41, 5.74) is 6.46. The lowest BCUT2D eigenvalue weighted by Gasteiger charge is -2.33. The van der Waals surface area contributed by atoms with E-state index in [1.165, 1.54) is 0 Å². The van der Waals surface area contributed by atoms with Crippen LogP contribution in [0.4, 0.5) is 0 Å². The van der Waals surface area contributed by atoms with E-state index in [1.54, 1.807) is 0 Å². The highest BCUT2D eigenvalue weighted by Gasteiger charge is 2.29. The molecule has 0 aromatic carbocycles. The van der Waals surface area contributed by atoms with Crippen LogP contribution in [0.15, 0.2) is 24.4 Å². The quantitative estimate of drug-likeness (QED) is 0.914. The number of likely N-dealkylation sites (tertiary alicyclic amines) is 1. The Morgan fingerprint density at radius 2 is 2.33 bits per heavy atom. The van der Waals surface area contributed by atoms with Gasteiger partial charge < -0.3 is 10.6 Å². The number of carbonyl (C=O) groups excluding carboxylic acids is 1. The van der Waals surface area contributed by atoms with Crippen molar-refractivity contribution in [3.63, 3.8) is 0 Å². The average molecular weight is 287 g/mol. The van der Waals surface area contributed by atoms with E-state index in [1.807, 2.05) is 40.6 Å². The maximum atomic E-state index is 12.3. The Morgan fingerprint density at radius 1 is 1.48 bits per heavy atom. The van der Waals surface area contributed by atoms with Crippen molar-refractivity contribution in [2.75, 3.05) is 19.6 Å². The fourth-order valence-electron chi connectivity index (χ4n) is 2.94. The van der Waals surface area contributed by atoms with Crippen molar-refractivity contribution in [1.29, 1.82) is 0 Å². The standard InChI is InChI=1S/C15H21N5O/c1-11(9-16)15(21)19-7-4-5-12(10-19)14-18-17-13-6-2-3-8-20(13)14/h2-3,6,8,11-12H,4-5,7,9-10,16H2,1H3. The van der Waals surface area contributed by atoms with Crippen molar-refractivity contribution < 1.29 is 4.79 Å². The maximum Gasteiger partial charge on any atom is 0.226 e. The van der Waals surface area contributed by atoms with E-state index >= 15 is 0 Å². The van der Waals surface area contributed by atoms with E-state index < -0.39 is 0 Å². The molecule has 3 rings (SSSR count). The molecule has 112 valence electrons. The van der Waals surface area contributed by atoms with Crippen molar-refractivity contribution in [2.24, 2.45) is 11.7 Å². The second kappa shape index (κ2) is 5.81. The molecule has 6 nitrogen and oxygen atoms in total. The second-order valence-corrected chi connectivity index (χ2v) is 5.75. The Balaban J connectivity index is 1.81. The number of fused-ring (bicyclic) bond motifs is 1. The summed E-state index contributed by atoms with van der Waals surface area (Å²) in [4.78, 5) is 14.2. The summed E-state index contributed by atoms with van der Waals surface area (Å²) in [6.07, 6.45) is 4.01. The highest BCUT2D eigenvalue weighted by atomic mass is 16.2. The van der Waals surface area contributed by atoms with Gasteiger partial charge in [-0.2, -0.15) is 0 Å². The summed E-state index contributed by atoms with van der Waals surface area (Å²) in [6, 6.07) is 5.87. The first-order valence-electron chi connectivity index (χ1n) is 7.49. The molecule has 0 aliphatic carbocycles. The van der Waals surface area contributed by atoms with E-state index in [0.29, 0.717) is 13.1 Å². The molecule has 1 amide bonds. The number of nitrogens with two attached hydrogens (primary N) is 1. The van der Waals surface area contributed by atoms with Crippen LogP contribution in [0, 0.1) is 5.92 Å². The number of rotatable bonds is 3. The molecule has 0 bridgehead atoms. The van der Waals surface area contributed by atoms with Gasteiger partial charge in [-0.25, -0.2) is 0 Å². The van der Waals surface area contributed by atoms with Crippen LogP contribution in [0.2, 0.25) is 0 Å². The van der Waals surface area contributed by atoms with Gasteiger partial charge in [0.15, 0.2) is 5.65 Å². The zero-order chi connectivity index (χ0) is 14.8. The zero-order valence-electron chi connectivity index (χ0n) is 12.3. The van der Waals surface area contributed by atoms with Crippen LogP contribution in [0.25, 0.3) is 5.65 Å². The zero-order valence-corrected chi connectivity index (χ0v) is 12.3. The van der Waals surface area contributed by atoms with Gasteiger partial charge in [0.1, 0.15) is 5.82 Å². The van der Waals surface area contributed by atoms with Crippen LogP contribution in [0.3, 0.4) is 0 Å². The maximum absolute atomic E-state index is 12.3. The summed E-state index contributed by atoms with van der Waals surface area (Å²) < 4.78 is 2.02. The van der Waals surface area contributed by atoms with Gasteiger partial charge in [-0.3, -0.25) is 9.20 Å². The van der Waals surface area contributed by atoms with E-state index in [4.69, 9.17) is 5.73 Å². The topological polar surface area (TPSA) is 76.5 Å². The highest BCUT2D eigenvalue weighted by Crippen LogP contribution is 2.26. The van der Waals surface area contributed by atoms with E-state index in [2.05, 4.69) is 10.2 Å². The Morgan fingerprint density at radius 3 is 3.14 bits per heavy atom. The lowest BCUT2D eigenvalue weighted by molar-refractivity contribution is -0.135. The lowest BCUT2D eigenvalue weighted by Crippen LogP contribution is -2.43. The van der Waals surface area contributed by atoms with E-state index in [0.717, 1.165) is 30.9 Å². The highest BCUT2D eigenvalue weighted by molar-refractivity contribution is 5.78. The molecule has 1 aliphatic rings. The molecule has 1 aliphatic heterocycles. The molecular formula is C15H21N5O. The van der Waals surface area contributed by atoms with Gasteiger partial charge in [0.2, 0.25) is 5.91 Å². The molecule has 0 saturated carbocycles. The summed E-state index contributed by atoms with van der Waals surface area (Å²) in [5, 5.41) is 8.53. The predicted molar refractivity (Wildman–Crippen MR) is 79.8 cm³/mol. The summed E-state index contributed by atoms with van der Waals surface area (Å²) in [7, 11) is 0. The predicted octanol–water partition coefficient (Wildman–Crippen LogP) is 1.03. The number of aromatic nitrogens is 3. The number of nitrogens with zero attached hydrogens (tertiary/aromatic N) is 4. The van der Waals surface area contributed by atoms with Gasteiger partial charge in [0, 0.05) is 37.7 Å². The van der Waals surface area contributed by atoms with Crippen LogP contribution in [-0.2, 0) is 4.79 Å². The Bertz CT molecular complexity index is 638. The molecular weight excluding hydrogens is 266 g/mol. The van der Waals surface area contributed by atoms with Gasteiger partial charge in [-0.1, -0.05) is 13.0 Å². The fourth-order valence-corrected chi connectivity index (χ4v) is 2.94. The first-order chi connectivity index (χ1) is 10.2. The minimum absolute atomic E-state index is 0.112. The monoisotopic (exact) mass is 287 g/mol. The molecule has 2 N–H and O–H groups in total. The van der Waals surface area contributed by atoms with Gasteiger partial charge in [-0.15, -0.1) is 10.2 Å². The van der Waals surface area contributed by atoms with Crippen molar-refractivity contribution in [2.45, 2.75) is 25.7 Å². The van der Waals surface area contributed by atoms with Gasteiger partial charge in [0.25, 0.3) is 0 Å². The molecule has 2 aromatic rings. The minimum Gasteiger partial charge on any atom is -0.342 e. The first kappa shape index (κ1) is 14.0. The molecule has 2 aromatic heterocycles. The Labute approximate surface area is 123 Å². The van der Waals surface area contributed by atoms with E-state index in [9.17, 15) is 4.79 Å². The number of amides is 1. The Hall–Kier alpha value is -1.95. The molecule has 6 heteroatoms. The average Bonchev–Trinajstić information content (AvgIpc) is 2.97. The van der Waals surface area contributed by atoms with Gasteiger partial charge >= 0.3 is 0 Å². The molecule has 2 atom stereocenters. The van der Waals surface area contributed by atoms with Crippen molar-refractivity contribution >= 4 is 11.6 Å². The smallest absolute Gasteiger partial charge is 0.226 e. The molecule has 1 fully saturated rings. The number of piperidine rings is 1. The number of carbonyl (C=O) groups is 1. The second-order valence-electron chi connectivity index (χ2n) is 5.75. The van der Waals surface area contributed by atoms with Crippen LogP contribution >= 0.6 is 0 Å². The molecule has 0 radical (unpaired) electrons. The van der Waals surface area contributed by atoms with Crippen LogP contribution in [0.5, 0.6) is 0 Å². The molecule has 0 spiro atoms. The third-order valence-corrected chi connectivity index (χ3v) is 4.21. The van der Waals surface area contributed by atoms with Crippen molar-refractivity contribution in [3.05, 3.63) is 30.2 Å². The summed E-state index contributed by atoms with van der Waals surface area (Å²) in [6.45, 7) is 3.81. The van der Waals surface area contributed by atoms with Crippen LogP contribution in [-0.4, -0.2) is 45.0 Å². The van der Waals surface area contributed by atoms with Crippen molar-refractivity contribution in [1.82, 2.24) is 19.5 Å². The summed E-state index contributed by atoms with van der Waals surface area (Å²) in [5.74, 6) is 1.23. The first-order valence-corrected chi connectivity index (χ1v) is 7.49. The van der Waals surface area contributed by atoms with Crippen LogP contribution in [0.1, 0.15) is 31.5 Å². The summed E-state index contributed by atoms with van der Waals surface area (Å²) >= 11 is 0. The van der Waals surface area contributed by atoms with Gasteiger partial charge in [0.05, 0.1) is 0 Å². The number of hydrogen-bond donors (Lipinski definition) is 1. The molecule has 21 heavy (non-hydrogen) atoms. The SMILES string of the molecule is CC(CN)C(=O)N1CCCC(c2nnc3ccccn23)C1. The minimum atomic E-state index is -0.112.